The zero-order valence-electron chi connectivity index (χ0n) is 15.1. The quantitative estimate of drug-likeness (QED) is 0.714. The van der Waals surface area contributed by atoms with E-state index in [1.165, 1.54) is 26.0 Å². The van der Waals surface area contributed by atoms with Gasteiger partial charge in [-0.25, -0.2) is 13.6 Å². The first kappa shape index (κ1) is 19.7. The Morgan fingerprint density at radius 2 is 1.77 bits per heavy atom. The summed E-state index contributed by atoms with van der Waals surface area (Å²) in [5, 5.41) is 12.3. The summed E-state index contributed by atoms with van der Waals surface area (Å²) >= 11 is 0. The highest BCUT2D eigenvalue weighted by Gasteiger charge is 2.29. The molecule has 0 atom stereocenters. The fourth-order valence-corrected chi connectivity index (χ4v) is 2.32. The second kappa shape index (κ2) is 7.72. The number of halogens is 2. The van der Waals surface area contributed by atoms with Gasteiger partial charge in [-0.05, 0) is 38.0 Å². The van der Waals surface area contributed by atoms with Crippen LogP contribution in [0.15, 0.2) is 48.5 Å². The summed E-state index contributed by atoms with van der Waals surface area (Å²) in [5.74, 6) is -3.42. The Kier molecular flexibility index (Phi) is 5.85. The molecule has 0 spiro atoms. The van der Waals surface area contributed by atoms with Gasteiger partial charge < -0.3 is 15.2 Å². The Labute approximate surface area is 151 Å². The lowest BCUT2D eigenvalue weighted by Crippen LogP contribution is -2.37. The number of carboxylic acid groups (broad SMARTS) is 1. The molecule has 0 bridgehead atoms. The lowest BCUT2D eigenvalue weighted by molar-refractivity contribution is -0.152. The van der Waals surface area contributed by atoms with Crippen molar-refractivity contribution in [3.63, 3.8) is 0 Å². The number of nitrogens with one attached hydrogen (secondary N) is 1. The first-order valence-electron chi connectivity index (χ1n) is 8.31. The molecule has 0 heterocycles. The van der Waals surface area contributed by atoms with E-state index in [4.69, 9.17) is 9.84 Å². The van der Waals surface area contributed by atoms with Crippen LogP contribution >= 0.6 is 0 Å². The summed E-state index contributed by atoms with van der Waals surface area (Å²) < 4.78 is 31.9. The number of carboxylic acids is 1. The van der Waals surface area contributed by atoms with Crippen molar-refractivity contribution < 1.29 is 23.4 Å². The molecule has 0 unspecified atom stereocenters. The molecule has 2 N–H and O–H groups in total. The van der Waals surface area contributed by atoms with Crippen molar-refractivity contribution in [2.45, 2.75) is 38.7 Å². The summed E-state index contributed by atoms with van der Waals surface area (Å²) in [6, 6.07) is 13.3. The predicted molar refractivity (Wildman–Crippen MR) is 97.0 cm³/mol. The van der Waals surface area contributed by atoms with Gasteiger partial charge >= 0.3 is 5.97 Å². The van der Waals surface area contributed by atoms with Crippen LogP contribution in [0.4, 0.5) is 14.5 Å². The molecule has 4 nitrogen and oxygen atoms in total. The zero-order chi connectivity index (χ0) is 19.4. The van der Waals surface area contributed by atoms with E-state index in [2.05, 4.69) is 5.32 Å². The molecule has 0 aromatic heterocycles. The first-order valence-corrected chi connectivity index (χ1v) is 8.31. The lowest BCUT2D eigenvalue weighted by atomic mass is 10.1. The first-order chi connectivity index (χ1) is 12.1. The lowest BCUT2D eigenvalue weighted by Gasteiger charge is -2.21. The van der Waals surface area contributed by atoms with E-state index in [-0.39, 0.29) is 5.56 Å². The maximum absolute atomic E-state index is 13.2. The van der Waals surface area contributed by atoms with Crippen LogP contribution in [0, 0.1) is 0 Å². The summed E-state index contributed by atoms with van der Waals surface area (Å²) in [6.07, 6.45) is 0.668. The van der Waals surface area contributed by atoms with E-state index in [0.29, 0.717) is 18.7 Å². The van der Waals surface area contributed by atoms with Crippen LogP contribution in [-0.2, 0) is 17.1 Å². The third-order valence-corrected chi connectivity index (χ3v) is 3.93. The largest absolute Gasteiger partial charge is 0.478 e. The summed E-state index contributed by atoms with van der Waals surface area (Å²) in [7, 11) is 0. The molecule has 140 valence electrons. The molecule has 0 radical (unpaired) electrons. The Hall–Kier alpha value is -2.63. The maximum atomic E-state index is 13.2. The molecule has 0 amide bonds. The van der Waals surface area contributed by atoms with E-state index in [9.17, 15) is 13.6 Å². The predicted octanol–water partition coefficient (Wildman–Crippen LogP) is 4.69. The van der Waals surface area contributed by atoms with Gasteiger partial charge in [-0.2, -0.15) is 0 Å². The minimum absolute atomic E-state index is 0.0000965. The van der Waals surface area contributed by atoms with Crippen molar-refractivity contribution in [1.29, 1.82) is 0 Å². The van der Waals surface area contributed by atoms with E-state index in [1.54, 1.807) is 30.3 Å². The monoisotopic (exact) mass is 363 g/mol. The number of hydrogen-bond donors (Lipinski definition) is 2. The number of rotatable bonds is 8. The van der Waals surface area contributed by atoms with E-state index < -0.39 is 17.5 Å². The molecule has 2 aromatic carbocycles. The summed E-state index contributed by atoms with van der Waals surface area (Å²) in [5.41, 5.74) is 0.423. The van der Waals surface area contributed by atoms with E-state index in [0.717, 1.165) is 18.2 Å². The average molecular weight is 363 g/mol. The van der Waals surface area contributed by atoms with Gasteiger partial charge in [0.2, 0.25) is 0 Å². The molecule has 0 saturated carbocycles. The van der Waals surface area contributed by atoms with Crippen molar-refractivity contribution in [3.8, 4) is 5.75 Å². The van der Waals surface area contributed by atoms with Gasteiger partial charge in [0.25, 0.3) is 5.92 Å². The molecular weight excluding hydrogens is 340 g/mol. The van der Waals surface area contributed by atoms with Crippen LogP contribution in [0.2, 0.25) is 0 Å². The molecule has 2 rings (SSSR count). The maximum Gasteiger partial charge on any atom is 0.347 e. The number of benzene rings is 2. The normalized spacial score (nSPS) is 11.9. The molecule has 0 aliphatic rings. The van der Waals surface area contributed by atoms with Crippen molar-refractivity contribution in [2.24, 2.45) is 0 Å². The van der Waals surface area contributed by atoms with Gasteiger partial charge in [0, 0.05) is 30.8 Å². The molecule has 6 heteroatoms. The van der Waals surface area contributed by atoms with Crippen molar-refractivity contribution in [3.05, 3.63) is 59.7 Å². The Bertz CT molecular complexity index is 752. The highest BCUT2D eigenvalue weighted by atomic mass is 19.3. The second-order valence-corrected chi connectivity index (χ2v) is 6.71. The van der Waals surface area contributed by atoms with Gasteiger partial charge in [-0.15, -0.1) is 0 Å². The molecule has 26 heavy (non-hydrogen) atoms. The fourth-order valence-electron chi connectivity index (χ4n) is 2.32. The smallest absolute Gasteiger partial charge is 0.347 e. The fraction of sp³-hybridized carbons (Fsp3) is 0.350. The van der Waals surface area contributed by atoms with Crippen LogP contribution in [-0.4, -0.2) is 23.2 Å². The zero-order valence-corrected chi connectivity index (χ0v) is 15.1. The molecule has 0 saturated heterocycles. The molecule has 2 aromatic rings. The van der Waals surface area contributed by atoms with Crippen LogP contribution in [0.25, 0.3) is 0 Å². The summed E-state index contributed by atoms with van der Waals surface area (Å²) in [4.78, 5) is 11.1. The Morgan fingerprint density at radius 1 is 1.12 bits per heavy atom. The van der Waals surface area contributed by atoms with Gasteiger partial charge in [0.05, 0.1) is 0 Å². The minimum atomic E-state index is -2.83. The number of anilines is 1. The topological polar surface area (TPSA) is 58.6 Å². The average Bonchev–Trinajstić information content (AvgIpc) is 2.54. The van der Waals surface area contributed by atoms with E-state index >= 15 is 0 Å². The molecule has 0 fully saturated rings. The van der Waals surface area contributed by atoms with Crippen molar-refractivity contribution in [2.75, 3.05) is 11.9 Å². The number of aliphatic carboxylic acids is 1. The highest BCUT2D eigenvalue weighted by Crippen LogP contribution is 2.27. The SMILES string of the molecule is CC(C)(Oc1cccc(NCCc2ccc(C(C)(F)F)cc2)c1)C(=O)O. The minimum Gasteiger partial charge on any atom is -0.478 e. The van der Waals surface area contributed by atoms with Gasteiger partial charge in [0.1, 0.15) is 5.75 Å². The van der Waals surface area contributed by atoms with Crippen molar-refractivity contribution >= 4 is 11.7 Å². The number of alkyl halides is 2. The molecular formula is C20H23F2NO3. The number of hydrogen-bond acceptors (Lipinski definition) is 3. The third-order valence-electron chi connectivity index (χ3n) is 3.93. The number of ether oxygens (including phenoxy) is 1. The molecule has 0 aliphatic carbocycles. The van der Waals surface area contributed by atoms with Crippen LogP contribution < -0.4 is 10.1 Å². The van der Waals surface area contributed by atoms with E-state index in [1.807, 2.05) is 6.07 Å². The Morgan fingerprint density at radius 3 is 2.35 bits per heavy atom. The van der Waals surface area contributed by atoms with Crippen LogP contribution in [0.5, 0.6) is 5.75 Å². The van der Waals surface area contributed by atoms with Crippen LogP contribution in [0.1, 0.15) is 31.9 Å². The van der Waals surface area contributed by atoms with Gasteiger partial charge in [-0.1, -0.05) is 30.3 Å². The van der Waals surface area contributed by atoms with Crippen molar-refractivity contribution in [1.82, 2.24) is 0 Å². The number of carbonyl (C=O) groups is 1. The van der Waals surface area contributed by atoms with Gasteiger partial charge in [0.15, 0.2) is 5.60 Å². The molecule has 0 aliphatic heterocycles. The highest BCUT2D eigenvalue weighted by molar-refractivity contribution is 5.76. The Balaban J connectivity index is 1.92. The summed E-state index contributed by atoms with van der Waals surface area (Å²) in [6.45, 7) is 4.45. The second-order valence-electron chi connectivity index (χ2n) is 6.71. The standard InChI is InChI=1S/C20H23F2NO3/c1-19(2,18(24)25)26-17-6-4-5-16(13-17)23-12-11-14-7-9-15(10-8-14)20(3,21)22/h4-10,13,23H,11-12H2,1-3H3,(H,24,25). The van der Waals surface area contributed by atoms with Gasteiger partial charge in [-0.3, -0.25) is 0 Å². The third kappa shape index (κ3) is 5.44. The van der Waals surface area contributed by atoms with Crippen LogP contribution in [0.3, 0.4) is 0 Å².